The number of allylic oxidation sites excluding steroid dienone is 12. The summed E-state index contributed by atoms with van der Waals surface area (Å²) in [6.45, 7) is 6.41. The second-order valence-electron chi connectivity index (χ2n) is 20.1. The first kappa shape index (κ1) is 50.8. The lowest BCUT2D eigenvalue weighted by Crippen LogP contribution is -2.46. The van der Waals surface area contributed by atoms with Gasteiger partial charge in [0.1, 0.15) is 27.1 Å². The number of hydrogen-bond donors (Lipinski definition) is 5. The first-order valence-corrected chi connectivity index (χ1v) is 26.4. The largest absolute Gasteiger partial charge is 0.481 e. The molecule has 0 spiro atoms. The Morgan fingerprint density at radius 1 is 0.838 bits per heavy atom. The van der Waals surface area contributed by atoms with E-state index in [0.29, 0.717) is 52.7 Å². The summed E-state index contributed by atoms with van der Waals surface area (Å²) in [5, 5.41) is 36.2. The fourth-order valence-electron chi connectivity index (χ4n) is 10.6. The summed E-state index contributed by atoms with van der Waals surface area (Å²) >= 11 is 13.1. The number of imidazole rings is 2. The Balaban J connectivity index is 0.983. The van der Waals surface area contributed by atoms with Gasteiger partial charge in [-0.25, -0.2) is 9.97 Å². The van der Waals surface area contributed by atoms with Gasteiger partial charge in [0, 0.05) is 53.5 Å². The van der Waals surface area contributed by atoms with E-state index in [1.165, 1.54) is 22.3 Å². The van der Waals surface area contributed by atoms with Crippen molar-refractivity contribution < 1.29 is 29.6 Å². The van der Waals surface area contributed by atoms with Crippen LogP contribution in [0.1, 0.15) is 105 Å². The maximum Gasteiger partial charge on any atom is 0.306 e. The number of aliphatic carboxylic acids is 1. The molecule has 0 bridgehead atoms. The number of fused-ring (bicyclic) bond motifs is 2. The molecule has 4 aliphatic rings. The molecule has 1 aliphatic heterocycles. The number of thiocarbonyl (C=S) groups is 1. The number of pyridine rings is 2. The van der Waals surface area contributed by atoms with E-state index in [4.69, 9.17) is 38.5 Å². The van der Waals surface area contributed by atoms with Gasteiger partial charge in [0.05, 0.1) is 48.8 Å². The van der Waals surface area contributed by atoms with Crippen LogP contribution in [0, 0.1) is 5.92 Å². The average molecular weight is 1030 g/mol. The van der Waals surface area contributed by atoms with Gasteiger partial charge in [-0.3, -0.25) is 14.0 Å². The minimum Gasteiger partial charge on any atom is -0.481 e. The van der Waals surface area contributed by atoms with E-state index < -0.39 is 30.1 Å². The van der Waals surface area contributed by atoms with Crippen molar-refractivity contribution in [2.45, 2.75) is 103 Å². The summed E-state index contributed by atoms with van der Waals surface area (Å²) in [4.78, 5) is 36.0. The summed E-state index contributed by atoms with van der Waals surface area (Å²) in [5.74, 6) is -1.50. The molecule has 3 aliphatic carbocycles. The monoisotopic (exact) mass is 1030 g/mol. The Morgan fingerprint density at radius 2 is 1.53 bits per heavy atom. The van der Waals surface area contributed by atoms with Crippen LogP contribution in [0.4, 0.5) is 0 Å². The number of carboxylic acids is 1. The van der Waals surface area contributed by atoms with Gasteiger partial charge in [-0.2, -0.15) is 0 Å². The van der Waals surface area contributed by atoms with Crippen molar-refractivity contribution in [2.75, 3.05) is 13.2 Å². The normalized spacial score (nSPS) is 24.0. The number of nitrogens with one attached hydrogen (secondary N) is 2. The fourth-order valence-corrected chi connectivity index (χ4v) is 11.2. The van der Waals surface area contributed by atoms with Gasteiger partial charge in [0.2, 0.25) is 0 Å². The van der Waals surface area contributed by atoms with E-state index in [1.807, 2.05) is 30.3 Å². The highest BCUT2D eigenvalue weighted by Crippen LogP contribution is 2.40. The number of aromatic nitrogens is 4. The number of aliphatic hydroxyl groups excluding tert-OH is 2. The minimum atomic E-state index is -0.765. The van der Waals surface area contributed by atoms with Crippen LogP contribution in [0.2, 0.25) is 5.15 Å². The highest BCUT2D eigenvalue weighted by molar-refractivity contribution is 7.80. The molecule has 12 nitrogen and oxygen atoms in total. The van der Waals surface area contributed by atoms with E-state index >= 15 is 0 Å². The molecule has 0 unspecified atom stereocenters. The number of nitrogens with zero attached hydrogens (tertiary/aromatic N) is 4. The molecule has 1 saturated heterocycles. The Kier molecular flexibility index (Phi) is 15.1. The number of rotatable bonds is 13. The van der Waals surface area contributed by atoms with Crippen molar-refractivity contribution in [3.8, 4) is 22.5 Å². The van der Waals surface area contributed by atoms with E-state index in [0.717, 1.165) is 88.1 Å². The van der Waals surface area contributed by atoms with Crippen molar-refractivity contribution >= 4 is 63.1 Å². The SMILES string of the molecule is CC1=C(c2ccccc2-c2nc3cc(C(=O)N[C@H](CO)[C@@H]4C[C@H](O)CO4)ccn3c2Cl)/C=C\C(Cc2c(-c3ccccc3C3=C/C=C(/C)CCC\C=C\3C)nc3cc(C(=S)NC4CC(C(=O)O)C4)ccn23)=C/CC1. The highest BCUT2D eigenvalue weighted by Gasteiger charge is 2.35. The zero-order chi connectivity index (χ0) is 51.6. The van der Waals surface area contributed by atoms with Gasteiger partial charge < -0.3 is 35.1 Å². The van der Waals surface area contributed by atoms with Crippen LogP contribution in [-0.4, -0.2) is 88.5 Å². The van der Waals surface area contributed by atoms with Crippen LogP contribution in [0.5, 0.6) is 0 Å². The number of carbonyl (C=O) groups is 2. The molecule has 2 fully saturated rings. The number of carbonyl (C=O) groups excluding carboxylic acids is 1. The third kappa shape index (κ3) is 10.6. The predicted molar refractivity (Wildman–Crippen MR) is 296 cm³/mol. The fraction of sp³-hybridized carbons (Fsp3) is 0.317. The molecule has 14 heteroatoms. The average Bonchev–Trinajstić information content (AvgIpc) is 4.09. The number of amides is 1. The van der Waals surface area contributed by atoms with Crippen LogP contribution in [0.3, 0.4) is 0 Å². The van der Waals surface area contributed by atoms with E-state index in [1.54, 1.807) is 22.7 Å². The van der Waals surface area contributed by atoms with Gasteiger partial charge in [-0.05, 0) is 123 Å². The van der Waals surface area contributed by atoms with Gasteiger partial charge in [0.15, 0.2) is 0 Å². The van der Waals surface area contributed by atoms with Crippen molar-refractivity contribution in [1.82, 2.24) is 29.4 Å². The minimum absolute atomic E-state index is 0.0205. The molecule has 1 amide bonds. The molecular formula is C60H61ClN6O6S. The lowest BCUT2D eigenvalue weighted by Gasteiger charge is -2.33. The molecule has 380 valence electrons. The van der Waals surface area contributed by atoms with Crippen LogP contribution < -0.4 is 10.6 Å². The third-order valence-electron chi connectivity index (χ3n) is 15.0. The zero-order valence-electron chi connectivity index (χ0n) is 41.9. The Bertz CT molecular complexity index is 3390. The predicted octanol–water partition coefficient (Wildman–Crippen LogP) is 11.1. The van der Waals surface area contributed by atoms with Gasteiger partial charge in [-0.1, -0.05) is 120 Å². The van der Waals surface area contributed by atoms with Crippen molar-refractivity contribution in [3.05, 3.63) is 177 Å². The van der Waals surface area contributed by atoms with Crippen LogP contribution >= 0.6 is 23.8 Å². The maximum atomic E-state index is 13.5. The Morgan fingerprint density at radius 3 is 2.27 bits per heavy atom. The van der Waals surface area contributed by atoms with Gasteiger partial charge in [0.25, 0.3) is 5.91 Å². The second-order valence-corrected chi connectivity index (χ2v) is 20.9. The molecule has 5 N–H and O–H groups in total. The standard InChI is InChI=1S/C60H61ClN6O6S/c1-35-11-4-5-12-36(2)44(21-19-35)46-15-6-8-17-48(46)55-51(66-25-24-40(31-53(66)64-55)59(74)62-42-28-41(29-42)60(71)72)27-38-14-10-13-37(3)45(22-20-38)47-16-7-9-18-49(47)56-57(61)67-26-23-39(30-54(67)65-56)58(70)63-50(33-68)52-32-43(69)34-73-52/h6-9,12,14-26,30-31,41-43,50,52,68-69H,4-5,10-11,13,27-29,32-34H2,1-3H3,(H,62,74)(H,63,70)(H,71,72)/b22-20-,35-19-,36-12+,38-14+,44-21+,45-37?/t41?,42?,43-,50+,52-/m0/s1. The molecule has 6 aromatic rings. The Labute approximate surface area is 441 Å². The van der Waals surface area contributed by atoms with Crippen LogP contribution in [0.15, 0.2) is 144 Å². The molecule has 2 aromatic carbocycles. The number of carboxylic acid groups (broad SMARTS) is 1. The summed E-state index contributed by atoms with van der Waals surface area (Å²) in [7, 11) is 0. The number of halogens is 1. The highest BCUT2D eigenvalue weighted by atomic mass is 35.5. The first-order chi connectivity index (χ1) is 35.8. The lowest BCUT2D eigenvalue weighted by atomic mass is 9.80. The Hall–Kier alpha value is -6.74. The zero-order valence-corrected chi connectivity index (χ0v) is 43.4. The molecule has 5 heterocycles. The smallest absolute Gasteiger partial charge is 0.306 e. The maximum absolute atomic E-state index is 13.5. The molecule has 74 heavy (non-hydrogen) atoms. The second kappa shape index (κ2) is 22.0. The van der Waals surface area contributed by atoms with Crippen molar-refractivity contribution in [3.63, 3.8) is 0 Å². The number of hydrogen-bond acceptors (Lipinski definition) is 8. The van der Waals surface area contributed by atoms with E-state index in [-0.39, 0.29) is 25.2 Å². The molecule has 10 rings (SSSR count). The number of ether oxygens (including phenoxy) is 1. The lowest BCUT2D eigenvalue weighted by molar-refractivity contribution is -0.145. The molecular weight excluding hydrogens is 968 g/mol. The van der Waals surface area contributed by atoms with Gasteiger partial charge >= 0.3 is 5.97 Å². The van der Waals surface area contributed by atoms with Crippen LogP contribution in [-0.2, 0) is 16.0 Å². The van der Waals surface area contributed by atoms with Crippen molar-refractivity contribution in [1.29, 1.82) is 0 Å². The first-order valence-electron chi connectivity index (χ1n) is 25.6. The summed E-state index contributed by atoms with van der Waals surface area (Å²) < 4.78 is 9.55. The molecule has 4 aromatic heterocycles. The number of benzene rings is 2. The summed E-state index contributed by atoms with van der Waals surface area (Å²) in [6.07, 6.45) is 23.1. The summed E-state index contributed by atoms with van der Waals surface area (Å²) in [5.41, 5.74) is 16.1. The molecule has 3 atom stereocenters. The van der Waals surface area contributed by atoms with Crippen molar-refractivity contribution in [2.24, 2.45) is 5.92 Å². The topological polar surface area (TPSA) is 163 Å². The third-order valence-corrected chi connectivity index (χ3v) is 15.7. The summed E-state index contributed by atoms with van der Waals surface area (Å²) in [6, 6.07) is 23.4. The molecule has 0 radical (unpaired) electrons. The van der Waals surface area contributed by atoms with Crippen LogP contribution in [0.25, 0.3) is 45.0 Å². The quantitative estimate of drug-likeness (QED) is 0.0704. The van der Waals surface area contributed by atoms with E-state index in [2.05, 4.69) is 109 Å². The van der Waals surface area contributed by atoms with E-state index in [9.17, 15) is 24.9 Å². The van der Waals surface area contributed by atoms with Gasteiger partial charge in [-0.15, -0.1) is 0 Å². The molecule has 1 saturated carbocycles. The number of aliphatic hydroxyl groups is 2.